The van der Waals surface area contributed by atoms with Crippen LogP contribution in [0.1, 0.15) is 58.9 Å². The Bertz CT molecular complexity index is 792. The third-order valence-corrected chi connectivity index (χ3v) is 5.30. The van der Waals surface area contributed by atoms with Crippen LogP contribution in [0.25, 0.3) is 0 Å². The monoisotopic (exact) mass is 384 g/mol. The van der Waals surface area contributed by atoms with E-state index in [-0.39, 0.29) is 17.9 Å². The third kappa shape index (κ3) is 4.89. The summed E-state index contributed by atoms with van der Waals surface area (Å²) in [5, 5.41) is 3.66. The number of carbonyl (C=O) groups is 2. The Morgan fingerprint density at radius 2 is 1.52 bits per heavy atom. The van der Waals surface area contributed by atoms with E-state index in [2.05, 4.69) is 19.2 Å². The highest BCUT2D eigenvalue weighted by atomic mass is 35.5. The summed E-state index contributed by atoms with van der Waals surface area (Å²) in [7, 11) is 0. The molecule has 4 nitrogen and oxygen atoms in total. The molecule has 0 unspecified atom stereocenters. The summed E-state index contributed by atoms with van der Waals surface area (Å²) in [5.74, 6) is 0.419. The van der Waals surface area contributed by atoms with Crippen molar-refractivity contribution in [2.75, 3.05) is 13.1 Å². The maximum Gasteiger partial charge on any atom is 0.253 e. The standard InChI is InChI=1S/C22H25ClN2O2/c1-15(2)16-3-5-18(6-4-16)22(27)25-13-11-20(12-14-25)24-21(26)17-7-9-19(23)10-8-17/h3-10,15,20H,11-14H2,1-2H3,(H,24,26). The van der Waals surface area contributed by atoms with Gasteiger partial charge in [-0.05, 0) is 60.7 Å². The number of hydrogen-bond donors (Lipinski definition) is 1. The number of halogens is 1. The molecule has 0 atom stereocenters. The molecule has 0 spiro atoms. The van der Waals surface area contributed by atoms with Crippen LogP contribution < -0.4 is 5.32 Å². The first kappa shape index (κ1) is 19.4. The van der Waals surface area contributed by atoms with Gasteiger partial charge in [0.1, 0.15) is 0 Å². The molecule has 2 amide bonds. The number of benzene rings is 2. The van der Waals surface area contributed by atoms with Crippen molar-refractivity contribution in [1.29, 1.82) is 0 Å². The summed E-state index contributed by atoms with van der Waals surface area (Å²) in [6, 6.07) is 14.8. The van der Waals surface area contributed by atoms with E-state index in [0.717, 1.165) is 18.4 Å². The zero-order valence-electron chi connectivity index (χ0n) is 15.7. The molecule has 0 saturated carbocycles. The van der Waals surface area contributed by atoms with Gasteiger partial charge in [-0.15, -0.1) is 0 Å². The van der Waals surface area contributed by atoms with Gasteiger partial charge < -0.3 is 10.2 Å². The number of nitrogens with zero attached hydrogens (tertiary/aromatic N) is 1. The SMILES string of the molecule is CC(C)c1ccc(C(=O)N2CCC(NC(=O)c3ccc(Cl)cc3)CC2)cc1. The minimum atomic E-state index is -0.0966. The fourth-order valence-corrected chi connectivity index (χ4v) is 3.42. The second-order valence-corrected chi connectivity index (χ2v) is 7.76. The van der Waals surface area contributed by atoms with Crippen molar-refractivity contribution < 1.29 is 9.59 Å². The highest BCUT2D eigenvalue weighted by Gasteiger charge is 2.25. The first-order chi connectivity index (χ1) is 12.9. The molecule has 0 aromatic heterocycles. The molecule has 1 fully saturated rings. The lowest BCUT2D eigenvalue weighted by molar-refractivity contribution is 0.0698. The van der Waals surface area contributed by atoms with Crippen LogP contribution in [0.4, 0.5) is 0 Å². The summed E-state index contributed by atoms with van der Waals surface area (Å²) in [4.78, 5) is 26.9. The van der Waals surface area contributed by atoms with Gasteiger partial charge >= 0.3 is 0 Å². The molecule has 142 valence electrons. The summed E-state index contributed by atoms with van der Waals surface area (Å²) >= 11 is 5.86. The van der Waals surface area contributed by atoms with Crippen molar-refractivity contribution in [3.63, 3.8) is 0 Å². The van der Waals surface area contributed by atoms with Gasteiger partial charge in [0.2, 0.25) is 0 Å². The summed E-state index contributed by atoms with van der Waals surface area (Å²) in [5.41, 5.74) is 2.56. The van der Waals surface area contributed by atoms with Gasteiger partial charge in [0.05, 0.1) is 0 Å². The number of likely N-dealkylation sites (tertiary alicyclic amines) is 1. The lowest BCUT2D eigenvalue weighted by atomic mass is 10.00. The summed E-state index contributed by atoms with van der Waals surface area (Å²) < 4.78 is 0. The Balaban J connectivity index is 1.53. The molecule has 1 heterocycles. The van der Waals surface area contributed by atoms with Crippen LogP contribution in [-0.4, -0.2) is 35.8 Å². The van der Waals surface area contributed by atoms with Gasteiger partial charge in [-0.1, -0.05) is 37.6 Å². The van der Waals surface area contributed by atoms with E-state index in [9.17, 15) is 9.59 Å². The molecule has 1 aliphatic rings. The van der Waals surface area contributed by atoms with Crippen LogP contribution in [0, 0.1) is 0 Å². The first-order valence-corrected chi connectivity index (χ1v) is 9.77. The second-order valence-electron chi connectivity index (χ2n) is 7.32. The summed E-state index contributed by atoms with van der Waals surface area (Å²) in [6.45, 7) is 5.58. The van der Waals surface area contributed by atoms with Gasteiger partial charge in [0.15, 0.2) is 0 Å². The fourth-order valence-electron chi connectivity index (χ4n) is 3.29. The zero-order chi connectivity index (χ0) is 19.4. The average Bonchev–Trinajstić information content (AvgIpc) is 2.68. The predicted molar refractivity (Wildman–Crippen MR) is 108 cm³/mol. The maximum absolute atomic E-state index is 12.7. The van der Waals surface area contributed by atoms with Crippen LogP contribution in [0.2, 0.25) is 5.02 Å². The lowest BCUT2D eigenvalue weighted by Crippen LogP contribution is -2.46. The number of piperidine rings is 1. The predicted octanol–water partition coefficient (Wildman–Crippen LogP) is 4.50. The Morgan fingerprint density at radius 3 is 2.07 bits per heavy atom. The number of nitrogens with one attached hydrogen (secondary N) is 1. The average molecular weight is 385 g/mol. The zero-order valence-corrected chi connectivity index (χ0v) is 16.5. The van der Waals surface area contributed by atoms with Crippen molar-refractivity contribution >= 4 is 23.4 Å². The molecule has 3 rings (SSSR count). The number of carbonyl (C=O) groups excluding carboxylic acids is 2. The molecule has 2 aromatic carbocycles. The van der Waals surface area contributed by atoms with Gasteiger partial charge in [-0.25, -0.2) is 0 Å². The Kier molecular flexibility index (Phi) is 6.17. The number of amides is 2. The lowest BCUT2D eigenvalue weighted by Gasteiger charge is -2.32. The number of rotatable bonds is 4. The molecule has 0 aliphatic carbocycles. The van der Waals surface area contributed by atoms with Crippen molar-refractivity contribution in [3.8, 4) is 0 Å². The Hall–Kier alpha value is -2.33. The van der Waals surface area contributed by atoms with Crippen molar-refractivity contribution in [2.24, 2.45) is 0 Å². The van der Waals surface area contributed by atoms with E-state index in [1.807, 2.05) is 29.2 Å². The van der Waals surface area contributed by atoms with Gasteiger partial charge in [-0.2, -0.15) is 0 Å². The minimum Gasteiger partial charge on any atom is -0.349 e. The molecular weight excluding hydrogens is 360 g/mol. The van der Waals surface area contributed by atoms with E-state index in [1.54, 1.807) is 24.3 Å². The van der Waals surface area contributed by atoms with Crippen LogP contribution >= 0.6 is 11.6 Å². The van der Waals surface area contributed by atoms with E-state index < -0.39 is 0 Å². The summed E-state index contributed by atoms with van der Waals surface area (Å²) in [6.07, 6.45) is 1.52. The molecule has 27 heavy (non-hydrogen) atoms. The molecule has 5 heteroatoms. The van der Waals surface area contributed by atoms with Crippen LogP contribution in [-0.2, 0) is 0 Å². The van der Waals surface area contributed by atoms with Gasteiger partial charge in [0.25, 0.3) is 11.8 Å². The highest BCUT2D eigenvalue weighted by molar-refractivity contribution is 6.30. The first-order valence-electron chi connectivity index (χ1n) is 9.39. The largest absolute Gasteiger partial charge is 0.349 e. The van der Waals surface area contributed by atoms with E-state index in [4.69, 9.17) is 11.6 Å². The minimum absolute atomic E-state index is 0.0628. The maximum atomic E-state index is 12.7. The topological polar surface area (TPSA) is 49.4 Å². The number of hydrogen-bond acceptors (Lipinski definition) is 2. The molecule has 1 aliphatic heterocycles. The van der Waals surface area contributed by atoms with Crippen molar-refractivity contribution in [3.05, 3.63) is 70.2 Å². The Labute approximate surface area is 165 Å². The van der Waals surface area contributed by atoms with Crippen LogP contribution in [0.3, 0.4) is 0 Å². The quantitative estimate of drug-likeness (QED) is 0.843. The normalized spacial score (nSPS) is 15.0. The molecule has 1 N–H and O–H groups in total. The fraction of sp³-hybridized carbons (Fsp3) is 0.364. The van der Waals surface area contributed by atoms with Crippen LogP contribution in [0.15, 0.2) is 48.5 Å². The molecule has 0 radical (unpaired) electrons. The van der Waals surface area contributed by atoms with Gasteiger partial charge in [0, 0.05) is 35.3 Å². The molecule has 2 aromatic rings. The molecular formula is C22H25ClN2O2. The smallest absolute Gasteiger partial charge is 0.253 e. The molecule has 0 bridgehead atoms. The highest BCUT2D eigenvalue weighted by Crippen LogP contribution is 2.18. The second kappa shape index (κ2) is 8.57. The third-order valence-electron chi connectivity index (χ3n) is 5.05. The van der Waals surface area contributed by atoms with Crippen molar-refractivity contribution in [2.45, 2.75) is 38.6 Å². The Morgan fingerprint density at radius 1 is 0.963 bits per heavy atom. The van der Waals surface area contributed by atoms with Gasteiger partial charge in [-0.3, -0.25) is 9.59 Å². The van der Waals surface area contributed by atoms with Crippen LogP contribution in [0.5, 0.6) is 0 Å². The van der Waals surface area contributed by atoms with Crippen molar-refractivity contribution in [1.82, 2.24) is 10.2 Å². The van der Waals surface area contributed by atoms with E-state index >= 15 is 0 Å². The van der Waals surface area contributed by atoms with E-state index in [1.165, 1.54) is 5.56 Å². The molecule has 1 saturated heterocycles. The van der Waals surface area contributed by atoms with E-state index in [0.29, 0.717) is 29.6 Å².